The Balaban J connectivity index is 1.89. The molecule has 6 heteroatoms. The van der Waals surface area contributed by atoms with Gasteiger partial charge in [0.25, 0.3) is 0 Å². The zero-order chi connectivity index (χ0) is 15.6. The monoisotopic (exact) mass is 299 g/mol. The molecule has 6 nitrogen and oxygen atoms in total. The fourth-order valence-electron chi connectivity index (χ4n) is 3.18. The molecule has 2 heterocycles. The first-order chi connectivity index (χ1) is 9.78. The van der Waals surface area contributed by atoms with E-state index in [0.717, 1.165) is 25.9 Å². The summed E-state index contributed by atoms with van der Waals surface area (Å²) in [4.78, 5) is 14.3. The van der Waals surface area contributed by atoms with Gasteiger partial charge in [-0.15, -0.1) is 0 Å². The quantitative estimate of drug-likeness (QED) is 0.812. The predicted octanol–water partition coefficient (Wildman–Crippen LogP) is 1.09. The Hall–Kier alpha value is -0.850. The van der Waals surface area contributed by atoms with Gasteiger partial charge in [0.15, 0.2) is 0 Å². The minimum absolute atomic E-state index is 0.0534. The summed E-state index contributed by atoms with van der Waals surface area (Å²) in [6.45, 7) is 9.87. The van der Waals surface area contributed by atoms with E-state index in [-0.39, 0.29) is 18.2 Å². The van der Waals surface area contributed by atoms with Gasteiger partial charge in [-0.25, -0.2) is 4.79 Å². The lowest BCUT2D eigenvalue weighted by molar-refractivity contribution is -0.0556. The highest BCUT2D eigenvalue weighted by Gasteiger charge is 2.38. The molecule has 2 rings (SSSR count). The molecule has 1 amide bonds. The summed E-state index contributed by atoms with van der Waals surface area (Å²) >= 11 is 0. The number of hydrogen-bond donors (Lipinski definition) is 2. The van der Waals surface area contributed by atoms with E-state index in [9.17, 15) is 4.79 Å². The number of likely N-dealkylation sites (tertiary alicyclic amines) is 1. The standard InChI is InChI=1S/C15H29N3O3/c1-10(17-14(19)21-15(2,3)4)13(7-16)18-8-11-5-6-12(9-18)20-11/h10-13H,5-9,16H2,1-4H3,(H,17,19). The molecule has 2 bridgehead atoms. The zero-order valence-electron chi connectivity index (χ0n) is 13.6. The number of fused-ring (bicyclic) bond motifs is 2. The van der Waals surface area contributed by atoms with E-state index in [1.54, 1.807) is 0 Å². The molecule has 0 saturated carbocycles. The van der Waals surface area contributed by atoms with E-state index in [4.69, 9.17) is 15.2 Å². The molecular weight excluding hydrogens is 270 g/mol. The van der Waals surface area contributed by atoms with Crippen LogP contribution in [0.4, 0.5) is 4.79 Å². The molecule has 21 heavy (non-hydrogen) atoms. The van der Waals surface area contributed by atoms with Crippen LogP contribution in [0.25, 0.3) is 0 Å². The number of alkyl carbamates (subject to hydrolysis) is 1. The lowest BCUT2D eigenvalue weighted by atomic mass is 10.1. The van der Waals surface area contributed by atoms with Crippen LogP contribution in [0.1, 0.15) is 40.5 Å². The van der Waals surface area contributed by atoms with Gasteiger partial charge in [0.2, 0.25) is 0 Å². The van der Waals surface area contributed by atoms with Crippen LogP contribution in [0, 0.1) is 0 Å². The number of ether oxygens (including phenoxy) is 2. The molecule has 4 atom stereocenters. The molecule has 2 fully saturated rings. The number of rotatable bonds is 4. The van der Waals surface area contributed by atoms with E-state index < -0.39 is 5.60 Å². The van der Waals surface area contributed by atoms with Crippen molar-refractivity contribution in [2.75, 3.05) is 19.6 Å². The first-order valence-corrected chi connectivity index (χ1v) is 7.87. The van der Waals surface area contributed by atoms with Crippen molar-refractivity contribution in [1.82, 2.24) is 10.2 Å². The molecule has 0 aliphatic carbocycles. The van der Waals surface area contributed by atoms with Gasteiger partial charge in [0.05, 0.1) is 12.2 Å². The van der Waals surface area contributed by atoms with Crippen LogP contribution in [-0.4, -0.2) is 60.5 Å². The number of carbonyl (C=O) groups excluding carboxylic acids is 1. The SMILES string of the molecule is CC(NC(=O)OC(C)(C)C)C(CN)N1CC2CCC(C1)O2. The van der Waals surface area contributed by atoms with E-state index >= 15 is 0 Å². The Kier molecular flexibility index (Phi) is 5.11. The maximum absolute atomic E-state index is 11.9. The fraction of sp³-hybridized carbons (Fsp3) is 0.933. The van der Waals surface area contributed by atoms with Crippen LogP contribution in [-0.2, 0) is 9.47 Å². The van der Waals surface area contributed by atoms with Crippen molar-refractivity contribution in [1.29, 1.82) is 0 Å². The molecular formula is C15H29N3O3. The first kappa shape index (κ1) is 16.5. The molecule has 0 spiro atoms. The van der Waals surface area contributed by atoms with Crippen molar-refractivity contribution < 1.29 is 14.3 Å². The van der Waals surface area contributed by atoms with E-state index in [2.05, 4.69) is 10.2 Å². The van der Waals surface area contributed by atoms with Crippen LogP contribution >= 0.6 is 0 Å². The first-order valence-electron chi connectivity index (χ1n) is 7.87. The normalized spacial score (nSPS) is 29.0. The summed E-state index contributed by atoms with van der Waals surface area (Å²) in [6.07, 6.45) is 2.53. The van der Waals surface area contributed by atoms with Crippen molar-refractivity contribution in [2.24, 2.45) is 5.73 Å². The second kappa shape index (κ2) is 6.50. The zero-order valence-corrected chi connectivity index (χ0v) is 13.6. The van der Waals surface area contributed by atoms with Crippen molar-refractivity contribution >= 4 is 6.09 Å². The second-order valence-electron chi connectivity index (χ2n) is 7.15. The smallest absolute Gasteiger partial charge is 0.407 e. The predicted molar refractivity (Wildman–Crippen MR) is 81.1 cm³/mol. The second-order valence-corrected chi connectivity index (χ2v) is 7.15. The third kappa shape index (κ3) is 4.56. The van der Waals surface area contributed by atoms with Crippen molar-refractivity contribution in [3.05, 3.63) is 0 Å². The average Bonchev–Trinajstić information content (AvgIpc) is 2.66. The van der Waals surface area contributed by atoms with Gasteiger partial charge in [-0.1, -0.05) is 0 Å². The van der Waals surface area contributed by atoms with Gasteiger partial charge in [0, 0.05) is 31.7 Å². The molecule has 2 aliphatic heterocycles. The highest BCUT2D eigenvalue weighted by molar-refractivity contribution is 5.68. The summed E-state index contributed by atoms with van der Waals surface area (Å²) in [5, 5.41) is 2.91. The Morgan fingerprint density at radius 1 is 1.38 bits per heavy atom. The Morgan fingerprint density at radius 3 is 2.43 bits per heavy atom. The summed E-state index contributed by atoms with van der Waals surface area (Å²) in [5.41, 5.74) is 5.46. The fourth-order valence-corrected chi connectivity index (χ4v) is 3.18. The molecule has 0 radical (unpaired) electrons. The van der Waals surface area contributed by atoms with E-state index in [0.29, 0.717) is 18.8 Å². The minimum Gasteiger partial charge on any atom is -0.444 e. The summed E-state index contributed by atoms with van der Waals surface area (Å²) in [7, 11) is 0. The van der Waals surface area contributed by atoms with Gasteiger partial charge in [-0.05, 0) is 40.5 Å². The molecule has 3 N–H and O–H groups in total. The van der Waals surface area contributed by atoms with Crippen molar-refractivity contribution in [3.63, 3.8) is 0 Å². The molecule has 4 unspecified atom stereocenters. The lowest BCUT2D eigenvalue weighted by Gasteiger charge is -2.40. The molecule has 0 aromatic heterocycles. The van der Waals surface area contributed by atoms with E-state index in [1.165, 1.54) is 0 Å². The van der Waals surface area contributed by atoms with Crippen LogP contribution in [0.3, 0.4) is 0 Å². The molecule has 122 valence electrons. The van der Waals surface area contributed by atoms with Crippen LogP contribution in [0.5, 0.6) is 0 Å². The number of carbonyl (C=O) groups is 1. The molecule has 0 aromatic rings. The molecule has 2 saturated heterocycles. The number of morpholine rings is 1. The van der Waals surface area contributed by atoms with Crippen molar-refractivity contribution in [2.45, 2.75) is 70.4 Å². The number of hydrogen-bond acceptors (Lipinski definition) is 5. The Morgan fingerprint density at radius 2 is 1.95 bits per heavy atom. The number of amides is 1. The average molecular weight is 299 g/mol. The van der Waals surface area contributed by atoms with Crippen LogP contribution in [0.2, 0.25) is 0 Å². The Labute approximate surface area is 127 Å². The largest absolute Gasteiger partial charge is 0.444 e. The topological polar surface area (TPSA) is 76.8 Å². The highest BCUT2D eigenvalue weighted by Crippen LogP contribution is 2.27. The maximum atomic E-state index is 11.9. The third-order valence-corrected chi connectivity index (χ3v) is 4.10. The Bertz CT molecular complexity index is 358. The summed E-state index contributed by atoms with van der Waals surface area (Å²) in [6, 6.07) is 0.0619. The van der Waals surface area contributed by atoms with Crippen LogP contribution in [0.15, 0.2) is 0 Å². The molecule has 2 aliphatic rings. The van der Waals surface area contributed by atoms with E-state index in [1.807, 2.05) is 27.7 Å². The van der Waals surface area contributed by atoms with Crippen LogP contribution < -0.4 is 11.1 Å². The maximum Gasteiger partial charge on any atom is 0.407 e. The van der Waals surface area contributed by atoms with Gasteiger partial charge < -0.3 is 20.5 Å². The highest BCUT2D eigenvalue weighted by atomic mass is 16.6. The molecule has 0 aromatic carbocycles. The number of nitrogens with two attached hydrogens (primary N) is 1. The van der Waals surface area contributed by atoms with Crippen molar-refractivity contribution in [3.8, 4) is 0 Å². The number of nitrogens with one attached hydrogen (secondary N) is 1. The minimum atomic E-state index is -0.486. The van der Waals surface area contributed by atoms with Gasteiger partial charge in [0.1, 0.15) is 5.60 Å². The summed E-state index contributed by atoms with van der Waals surface area (Å²) in [5.74, 6) is 0. The third-order valence-electron chi connectivity index (χ3n) is 4.10. The number of nitrogens with zero attached hydrogens (tertiary/aromatic N) is 1. The van der Waals surface area contributed by atoms with Gasteiger partial charge in [-0.3, -0.25) is 4.90 Å². The lowest BCUT2D eigenvalue weighted by Crippen LogP contribution is -2.58. The van der Waals surface area contributed by atoms with Gasteiger partial charge in [-0.2, -0.15) is 0 Å². The van der Waals surface area contributed by atoms with Gasteiger partial charge >= 0.3 is 6.09 Å². The summed E-state index contributed by atoms with van der Waals surface area (Å²) < 4.78 is 11.2.